The molecular weight excluding hydrogens is 261 g/mol. The van der Waals surface area contributed by atoms with E-state index in [9.17, 15) is 0 Å². The van der Waals surface area contributed by atoms with Gasteiger partial charge in [0.05, 0.1) is 25.6 Å². The maximum atomic E-state index is 6.00. The van der Waals surface area contributed by atoms with Gasteiger partial charge in [-0.05, 0) is 12.1 Å². The van der Waals surface area contributed by atoms with Gasteiger partial charge in [0.2, 0.25) is 0 Å². The van der Waals surface area contributed by atoms with Gasteiger partial charge in [0, 0.05) is 17.0 Å². The monoisotopic (exact) mass is 271 g/mol. The molecule has 1 aromatic heterocycles. The molecule has 0 radical (unpaired) electrons. The molecule has 0 fully saturated rings. The van der Waals surface area contributed by atoms with Crippen molar-refractivity contribution in [2.75, 3.05) is 14.2 Å². The van der Waals surface area contributed by atoms with Gasteiger partial charge in [-0.25, -0.2) is 4.98 Å². The number of aromatic nitrogens is 1. The van der Waals surface area contributed by atoms with Crippen LogP contribution in [0.15, 0.2) is 18.2 Å². The molecule has 5 heteroatoms. The Morgan fingerprint density at radius 3 is 2.35 bits per heavy atom. The zero-order chi connectivity index (χ0) is 12.4. The highest BCUT2D eigenvalue weighted by atomic mass is 35.5. The molecule has 0 aliphatic heterocycles. The van der Waals surface area contributed by atoms with Crippen LogP contribution in [0.1, 0.15) is 5.56 Å². The topological polar surface area (TPSA) is 31.4 Å². The number of ether oxygens (including phenoxy) is 2. The average Bonchev–Trinajstić information content (AvgIpc) is 2.36. The van der Waals surface area contributed by atoms with E-state index >= 15 is 0 Å². The van der Waals surface area contributed by atoms with Crippen molar-refractivity contribution in [3.05, 3.63) is 28.9 Å². The third kappa shape index (κ3) is 2.26. The standard InChI is InChI=1S/C12H11Cl2NO2/c1-16-10-4-7-3-8(6-13)12(14)15-9(7)5-11(10)17-2/h3-5H,6H2,1-2H3. The van der Waals surface area contributed by atoms with E-state index < -0.39 is 0 Å². The first-order valence-corrected chi connectivity index (χ1v) is 5.88. The molecule has 0 aliphatic carbocycles. The van der Waals surface area contributed by atoms with Crippen molar-refractivity contribution in [3.63, 3.8) is 0 Å². The summed E-state index contributed by atoms with van der Waals surface area (Å²) in [6.07, 6.45) is 0. The first kappa shape index (κ1) is 12.3. The van der Waals surface area contributed by atoms with Gasteiger partial charge in [0.1, 0.15) is 5.15 Å². The Labute approximate surface area is 109 Å². The fraction of sp³-hybridized carbons (Fsp3) is 0.250. The molecule has 0 N–H and O–H groups in total. The molecule has 3 nitrogen and oxygen atoms in total. The number of hydrogen-bond acceptors (Lipinski definition) is 3. The molecular formula is C12H11Cl2NO2. The number of nitrogens with zero attached hydrogens (tertiary/aromatic N) is 1. The summed E-state index contributed by atoms with van der Waals surface area (Å²) in [5.74, 6) is 1.61. The fourth-order valence-corrected chi connectivity index (χ4v) is 2.10. The number of fused-ring (bicyclic) bond motifs is 1. The lowest BCUT2D eigenvalue weighted by Crippen LogP contribution is -1.93. The predicted molar refractivity (Wildman–Crippen MR) is 69.4 cm³/mol. The fourth-order valence-electron chi connectivity index (χ4n) is 1.61. The summed E-state index contributed by atoms with van der Waals surface area (Å²) < 4.78 is 10.4. The molecule has 0 saturated heterocycles. The molecule has 17 heavy (non-hydrogen) atoms. The molecule has 0 bridgehead atoms. The summed E-state index contributed by atoms with van der Waals surface area (Å²) in [4.78, 5) is 4.28. The molecule has 0 atom stereocenters. The molecule has 0 unspecified atom stereocenters. The summed E-state index contributed by atoms with van der Waals surface area (Å²) in [6.45, 7) is 0. The van der Waals surface area contributed by atoms with E-state index in [2.05, 4.69) is 4.98 Å². The van der Waals surface area contributed by atoms with E-state index in [0.717, 1.165) is 16.5 Å². The minimum Gasteiger partial charge on any atom is -0.493 e. The van der Waals surface area contributed by atoms with Crippen LogP contribution in [0.3, 0.4) is 0 Å². The van der Waals surface area contributed by atoms with Crippen LogP contribution in [-0.2, 0) is 5.88 Å². The highest BCUT2D eigenvalue weighted by molar-refractivity contribution is 6.31. The van der Waals surface area contributed by atoms with Gasteiger partial charge in [0.25, 0.3) is 0 Å². The largest absolute Gasteiger partial charge is 0.493 e. The van der Waals surface area contributed by atoms with Gasteiger partial charge in [0.15, 0.2) is 11.5 Å². The first-order chi connectivity index (χ1) is 8.19. The van der Waals surface area contributed by atoms with E-state index in [1.807, 2.05) is 12.1 Å². The molecule has 1 heterocycles. The van der Waals surface area contributed by atoms with Crippen LogP contribution in [0.2, 0.25) is 5.15 Å². The summed E-state index contributed by atoms with van der Waals surface area (Å²) in [7, 11) is 3.17. The van der Waals surface area contributed by atoms with Crippen LogP contribution >= 0.6 is 23.2 Å². The number of halogens is 2. The molecule has 90 valence electrons. The Balaban J connectivity index is 2.70. The normalized spacial score (nSPS) is 10.6. The second-order valence-electron chi connectivity index (χ2n) is 3.47. The SMILES string of the molecule is COc1cc2cc(CCl)c(Cl)nc2cc1OC. The molecule has 0 amide bonds. The van der Waals surface area contributed by atoms with E-state index in [1.165, 1.54) is 0 Å². The lowest BCUT2D eigenvalue weighted by Gasteiger charge is -2.10. The van der Waals surface area contributed by atoms with Gasteiger partial charge in [-0.2, -0.15) is 0 Å². The third-order valence-electron chi connectivity index (χ3n) is 2.49. The average molecular weight is 272 g/mol. The van der Waals surface area contributed by atoms with Crippen molar-refractivity contribution in [1.29, 1.82) is 0 Å². The van der Waals surface area contributed by atoms with Crippen molar-refractivity contribution in [2.45, 2.75) is 5.88 Å². The van der Waals surface area contributed by atoms with Gasteiger partial charge in [-0.1, -0.05) is 11.6 Å². The van der Waals surface area contributed by atoms with Crippen molar-refractivity contribution >= 4 is 34.1 Å². The molecule has 2 rings (SSSR count). The second kappa shape index (κ2) is 4.98. The Kier molecular flexibility index (Phi) is 3.60. The Morgan fingerprint density at radius 1 is 1.12 bits per heavy atom. The molecule has 0 spiro atoms. The Morgan fingerprint density at radius 2 is 1.76 bits per heavy atom. The summed E-state index contributed by atoms with van der Waals surface area (Å²) >= 11 is 11.8. The molecule has 0 aliphatic rings. The maximum absolute atomic E-state index is 6.00. The number of hydrogen-bond donors (Lipinski definition) is 0. The van der Waals surface area contributed by atoms with E-state index in [-0.39, 0.29) is 0 Å². The van der Waals surface area contributed by atoms with Gasteiger partial charge in [-0.15, -0.1) is 11.6 Å². The van der Waals surface area contributed by atoms with Gasteiger partial charge >= 0.3 is 0 Å². The van der Waals surface area contributed by atoms with Crippen LogP contribution < -0.4 is 9.47 Å². The van der Waals surface area contributed by atoms with Gasteiger partial charge in [-0.3, -0.25) is 0 Å². The van der Waals surface area contributed by atoms with Crippen molar-refractivity contribution in [2.24, 2.45) is 0 Å². The van der Waals surface area contributed by atoms with Crippen molar-refractivity contribution in [3.8, 4) is 11.5 Å². The van der Waals surface area contributed by atoms with Gasteiger partial charge < -0.3 is 9.47 Å². The van der Waals surface area contributed by atoms with Crippen molar-refractivity contribution in [1.82, 2.24) is 4.98 Å². The predicted octanol–water partition coefficient (Wildman–Crippen LogP) is 3.64. The quantitative estimate of drug-likeness (QED) is 0.631. The second-order valence-corrected chi connectivity index (χ2v) is 4.10. The van der Waals surface area contributed by atoms with Crippen LogP contribution in [0, 0.1) is 0 Å². The molecule has 0 saturated carbocycles. The van der Waals surface area contributed by atoms with E-state index in [1.54, 1.807) is 20.3 Å². The van der Waals surface area contributed by atoms with E-state index in [0.29, 0.717) is 22.5 Å². The summed E-state index contributed by atoms with van der Waals surface area (Å²) in [5.41, 5.74) is 1.55. The highest BCUT2D eigenvalue weighted by Gasteiger charge is 2.09. The molecule has 1 aromatic carbocycles. The first-order valence-electron chi connectivity index (χ1n) is 4.96. The van der Waals surface area contributed by atoms with Crippen LogP contribution in [0.4, 0.5) is 0 Å². The minimum absolute atomic E-state index is 0.329. The smallest absolute Gasteiger partial charge is 0.162 e. The maximum Gasteiger partial charge on any atom is 0.162 e. The Bertz CT molecular complexity index is 558. The zero-order valence-electron chi connectivity index (χ0n) is 9.46. The summed E-state index contributed by atoms with van der Waals surface area (Å²) in [5, 5.41) is 1.34. The third-order valence-corrected chi connectivity index (χ3v) is 3.11. The Hall–Kier alpha value is -1.19. The number of pyridine rings is 1. The summed E-state index contributed by atoms with van der Waals surface area (Å²) in [6, 6.07) is 5.55. The lowest BCUT2D eigenvalue weighted by atomic mass is 10.1. The van der Waals surface area contributed by atoms with Crippen molar-refractivity contribution < 1.29 is 9.47 Å². The number of alkyl halides is 1. The minimum atomic E-state index is 0.329. The van der Waals surface area contributed by atoms with E-state index in [4.69, 9.17) is 32.7 Å². The lowest BCUT2D eigenvalue weighted by molar-refractivity contribution is 0.356. The zero-order valence-corrected chi connectivity index (χ0v) is 11.0. The van der Waals surface area contributed by atoms with Crippen LogP contribution in [0.25, 0.3) is 10.9 Å². The van der Waals surface area contributed by atoms with Crippen LogP contribution in [0.5, 0.6) is 11.5 Å². The number of rotatable bonds is 3. The number of methoxy groups -OCH3 is 2. The molecule has 2 aromatic rings. The van der Waals surface area contributed by atoms with Crippen LogP contribution in [-0.4, -0.2) is 19.2 Å². The highest BCUT2D eigenvalue weighted by Crippen LogP contribution is 2.33. The number of benzene rings is 1.